The van der Waals surface area contributed by atoms with Gasteiger partial charge in [-0.15, -0.1) is 0 Å². The van der Waals surface area contributed by atoms with Gasteiger partial charge in [-0.25, -0.2) is 8.42 Å². The molecule has 0 bridgehead atoms. The number of hydrogen-bond acceptors (Lipinski definition) is 3. The first-order chi connectivity index (χ1) is 10.5. The molecule has 0 amide bonds. The van der Waals surface area contributed by atoms with Gasteiger partial charge in [-0.3, -0.25) is 0 Å². The van der Waals surface area contributed by atoms with E-state index in [2.05, 4.69) is 6.92 Å². The van der Waals surface area contributed by atoms with E-state index in [0.29, 0.717) is 6.42 Å². The molecular weight excluding hydrogens is 335 g/mol. The van der Waals surface area contributed by atoms with Crippen LogP contribution in [0, 0.1) is 0 Å². The maximum Gasteiger partial charge on any atom is 1.00 e. The zero-order valence-electron chi connectivity index (χ0n) is 15.8. The summed E-state index contributed by atoms with van der Waals surface area (Å²) in [6.45, 7) is 3.77. The summed E-state index contributed by atoms with van der Waals surface area (Å²) in [4.78, 5) is 0. The normalized spacial score (nSPS) is 12.8. The van der Waals surface area contributed by atoms with E-state index in [4.69, 9.17) is 0 Å². The molecule has 0 aromatic carbocycles. The SMILES string of the molecule is CCCCCCCCCCCCCCCCC(C)S(=O)(=O)[O-].[K+]. The van der Waals surface area contributed by atoms with Gasteiger partial charge < -0.3 is 4.55 Å². The van der Waals surface area contributed by atoms with Gasteiger partial charge in [0.2, 0.25) is 0 Å². The number of hydrogen-bond donors (Lipinski definition) is 0. The molecule has 0 aromatic rings. The Kier molecular flexibility index (Phi) is 21.3. The molecule has 23 heavy (non-hydrogen) atoms. The molecule has 0 N–H and O–H groups in total. The Hall–Kier alpha value is 1.55. The standard InChI is InChI=1S/C18H38O3S.K/c1-3-4-5-6-7-8-9-10-11-12-13-14-15-16-17-18(2)22(19,20)21;/h18H,3-17H2,1-2H3,(H,19,20,21);/q;+1/p-1. The van der Waals surface area contributed by atoms with Crippen LogP contribution in [0.1, 0.15) is 110 Å². The Morgan fingerprint density at radius 3 is 1.30 bits per heavy atom. The quantitative estimate of drug-likeness (QED) is 0.238. The fourth-order valence-electron chi connectivity index (χ4n) is 2.77. The van der Waals surface area contributed by atoms with Crippen molar-refractivity contribution < 1.29 is 64.4 Å². The van der Waals surface area contributed by atoms with Crippen molar-refractivity contribution >= 4 is 10.1 Å². The van der Waals surface area contributed by atoms with Crippen LogP contribution in [0.3, 0.4) is 0 Å². The second-order valence-electron chi connectivity index (χ2n) is 6.69. The van der Waals surface area contributed by atoms with E-state index in [0.717, 1.165) is 12.8 Å². The van der Waals surface area contributed by atoms with Crippen molar-refractivity contribution in [2.75, 3.05) is 0 Å². The smallest absolute Gasteiger partial charge is 0.748 e. The van der Waals surface area contributed by atoms with Gasteiger partial charge >= 0.3 is 51.4 Å². The van der Waals surface area contributed by atoms with E-state index < -0.39 is 15.4 Å². The summed E-state index contributed by atoms with van der Waals surface area (Å²) in [6.07, 6.45) is 18.5. The van der Waals surface area contributed by atoms with Gasteiger partial charge in [0.15, 0.2) is 0 Å². The van der Waals surface area contributed by atoms with Gasteiger partial charge in [0, 0.05) is 5.25 Å². The topological polar surface area (TPSA) is 57.2 Å². The van der Waals surface area contributed by atoms with Gasteiger partial charge in [-0.05, 0) is 13.3 Å². The van der Waals surface area contributed by atoms with Gasteiger partial charge in [-0.2, -0.15) is 0 Å². The molecule has 0 heterocycles. The fourth-order valence-corrected chi connectivity index (χ4v) is 3.23. The molecule has 1 unspecified atom stereocenters. The first-order valence-corrected chi connectivity index (χ1v) is 10.9. The number of unbranched alkanes of at least 4 members (excludes halogenated alkanes) is 13. The zero-order valence-corrected chi connectivity index (χ0v) is 19.8. The van der Waals surface area contributed by atoms with Gasteiger partial charge in [-0.1, -0.05) is 96.8 Å². The third kappa shape index (κ3) is 19.7. The van der Waals surface area contributed by atoms with Crippen LogP contribution in [0.25, 0.3) is 0 Å². The van der Waals surface area contributed by atoms with Crippen LogP contribution in [0.4, 0.5) is 0 Å². The van der Waals surface area contributed by atoms with Gasteiger partial charge in [0.05, 0.1) is 10.1 Å². The molecule has 0 radical (unpaired) electrons. The van der Waals surface area contributed by atoms with Crippen molar-refractivity contribution in [3.8, 4) is 0 Å². The minimum atomic E-state index is -4.07. The molecule has 134 valence electrons. The van der Waals surface area contributed by atoms with E-state index in [1.165, 1.54) is 84.0 Å². The van der Waals surface area contributed by atoms with E-state index in [-0.39, 0.29) is 51.4 Å². The van der Waals surface area contributed by atoms with Crippen molar-refractivity contribution in [2.45, 2.75) is 115 Å². The van der Waals surface area contributed by atoms with Crippen LogP contribution >= 0.6 is 0 Å². The summed E-state index contributed by atoms with van der Waals surface area (Å²) in [7, 11) is -4.07. The monoisotopic (exact) mass is 372 g/mol. The molecule has 5 heteroatoms. The van der Waals surface area contributed by atoms with Crippen LogP contribution in [0.2, 0.25) is 0 Å². The molecule has 0 saturated carbocycles. The molecule has 1 atom stereocenters. The van der Waals surface area contributed by atoms with Crippen LogP contribution in [0.15, 0.2) is 0 Å². The Morgan fingerprint density at radius 2 is 1.00 bits per heavy atom. The van der Waals surface area contributed by atoms with Crippen molar-refractivity contribution in [1.82, 2.24) is 0 Å². The number of rotatable bonds is 16. The first-order valence-electron chi connectivity index (χ1n) is 9.43. The largest absolute Gasteiger partial charge is 1.00 e. The molecule has 0 aliphatic carbocycles. The molecular formula is C18H37KO3S. The zero-order chi connectivity index (χ0) is 16.7. The van der Waals surface area contributed by atoms with Crippen LogP contribution in [-0.4, -0.2) is 18.2 Å². The third-order valence-corrected chi connectivity index (χ3v) is 5.68. The van der Waals surface area contributed by atoms with Gasteiger partial charge in [0.25, 0.3) is 0 Å². The maximum atomic E-state index is 10.7. The molecule has 0 aliphatic heterocycles. The summed E-state index contributed by atoms with van der Waals surface area (Å²) in [5.74, 6) is 0. The Labute approximate surface area is 187 Å². The summed E-state index contributed by atoms with van der Waals surface area (Å²) in [6, 6.07) is 0. The van der Waals surface area contributed by atoms with Crippen LogP contribution < -0.4 is 51.4 Å². The average Bonchev–Trinajstić information content (AvgIpc) is 2.46. The van der Waals surface area contributed by atoms with Crippen molar-refractivity contribution in [3.05, 3.63) is 0 Å². The van der Waals surface area contributed by atoms with Crippen molar-refractivity contribution in [3.63, 3.8) is 0 Å². The molecule has 0 aromatic heterocycles. The molecule has 0 aliphatic rings. The predicted molar refractivity (Wildman–Crippen MR) is 94.1 cm³/mol. The predicted octanol–water partition coefficient (Wildman–Crippen LogP) is 2.80. The molecule has 3 nitrogen and oxygen atoms in total. The Bertz CT molecular complexity index is 331. The third-order valence-electron chi connectivity index (χ3n) is 4.46. The molecule has 0 saturated heterocycles. The first kappa shape index (κ1) is 26.8. The minimum absolute atomic E-state index is 0. The van der Waals surface area contributed by atoms with Crippen LogP contribution in [-0.2, 0) is 10.1 Å². The van der Waals surface area contributed by atoms with E-state index >= 15 is 0 Å². The summed E-state index contributed by atoms with van der Waals surface area (Å²) >= 11 is 0. The molecule has 0 fully saturated rings. The minimum Gasteiger partial charge on any atom is -0.748 e. The van der Waals surface area contributed by atoms with E-state index in [9.17, 15) is 13.0 Å². The second-order valence-corrected chi connectivity index (χ2v) is 8.48. The van der Waals surface area contributed by atoms with E-state index in [1.807, 2.05) is 0 Å². The summed E-state index contributed by atoms with van der Waals surface area (Å²) < 4.78 is 32.2. The summed E-state index contributed by atoms with van der Waals surface area (Å²) in [5, 5.41) is -0.718. The second kappa shape index (κ2) is 18.3. The van der Waals surface area contributed by atoms with Gasteiger partial charge in [0.1, 0.15) is 0 Å². The fraction of sp³-hybridized carbons (Fsp3) is 1.00. The van der Waals surface area contributed by atoms with E-state index in [1.54, 1.807) is 0 Å². The van der Waals surface area contributed by atoms with Crippen molar-refractivity contribution in [2.24, 2.45) is 0 Å². The Morgan fingerprint density at radius 1 is 0.696 bits per heavy atom. The molecule has 0 rings (SSSR count). The molecule has 0 spiro atoms. The Balaban J connectivity index is 0. The van der Waals surface area contributed by atoms with Crippen molar-refractivity contribution in [1.29, 1.82) is 0 Å². The average molecular weight is 373 g/mol. The maximum absolute atomic E-state index is 10.7. The van der Waals surface area contributed by atoms with Crippen LogP contribution in [0.5, 0.6) is 0 Å². The summed E-state index contributed by atoms with van der Waals surface area (Å²) in [5.41, 5.74) is 0.